The Bertz CT molecular complexity index is 1120. The largest absolute Gasteiger partial charge is 0.480 e. The smallest absolute Gasteiger partial charge is 0.437 e. The van der Waals surface area contributed by atoms with Gasteiger partial charge in [0.05, 0.1) is 25.8 Å². The quantitative estimate of drug-likeness (QED) is 0.184. The monoisotopic (exact) mass is 602 g/mol. The third kappa shape index (κ3) is 10.4. The van der Waals surface area contributed by atoms with Gasteiger partial charge in [0.25, 0.3) is 5.56 Å². The maximum atomic E-state index is 13.3. The SMILES string of the molecule is O=C(CN1CCCCC1)OCOP(=O)(OCOC(=O)CN1CCCCC1)OC[C@H]1CC[C@@H](n2ccc(=O)[nH]c2=O)O1. The highest BCUT2D eigenvalue weighted by molar-refractivity contribution is 7.48. The van der Waals surface area contributed by atoms with Crippen LogP contribution in [0.4, 0.5) is 0 Å². The number of rotatable bonds is 14. The molecule has 41 heavy (non-hydrogen) atoms. The molecule has 1 aromatic heterocycles. The van der Waals surface area contributed by atoms with E-state index in [2.05, 4.69) is 4.98 Å². The van der Waals surface area contributed by atoms with Gasteiger partial charge in [-0.3, -0.25) is 38.3 Å². The maximum Gasteiger partial charge on any atom is 0.480 e. The molecule has 4 heterocycles. The molecule has 3 aliphatic rings. The van der Waals surface area contributed by atoms with Gasteiger partial charge in [-0.1, -0.05) is 12.8 Å². The van der Waals surface area contributed by atoms with Crippen LogP contribution in [0.2, 0.25) is 0 Å². The summed E-state index contributed by atoms with van der Waals surface area (Å²) in [5.74, 6) is -1.08. The summed E-state index contributed by atoms with van der Waals surface area (Å²) >= 11 is 0. The lowest BCUT2D eigenvalue weighted by atomic mass is 10.1. The Morgan fingerprint density at radius 1 is 0.854 bits per heavy atom. The van der Waals surface area contributed by atoms with E-state index in [1.165, 1.54) is 16.8 Å². The second-order valence-electron chi connectivity index (χ2n) is 10.3. The highest BCUT2D eigenvalue weighted by Crippen LogP contribution is 2.50. The average molecular weight is 603 g/mol. The number of aromatic nitrogens is 2. The summed E-state index contributed by atoms with van der Waals surface area (Å²) in [6, 6.07) is 1.21. The van der Waals surface area contributed by atoms with Gasteiger partial charge in [0.2, 0.25) is 13.6 Å². The summed E-state index contributed by atoms with van der Waals surface area (Å²) in [5.41, 5.74) is -1.13. The number of ether oxygens (including phenoxy) is 3. The molecule has 3 saturated heterocycles. The summed E-state index contributed by atoms with van der Waals surface area (Å²) in [6.45, 7) is 1.77. The van der Waals surface area contributed by atoms with Crippen molar-refractivity contribution in [1.82, 2.24) is 19.4 Å². The first kappa shape index (κ1) is 31.5. The Hall–Kier alpha value is -2.39. The van der Waals surface area contributed by atoms with Gasteiger partial charge < -0.3 is 14.2 Å². The van der Waals surface area contributed by atoms with Crippen LogP contribution >= 0.6 is 7.82 Å². The third-order valence-corrected chi connectivity index (χ3v) is 8.44. The first-order valence-electron chi connectivity index (χ1n) is 14.1. The number of piperidine rings is 2. The van der Waals surface area contributed by atoms with E-state index in [0.717, 1.165) is 64.7 Å². The summed E-state index contributed by atoms with van der Waals surface area (Å²) in [4.78, 5) is 54.0. The van der Waals surface area contributed by atoms with Crippen LogP contribution in [0.1, 0.15) is 57.6 Å². The van der Waals surface area contributed by atoms with Crippen molar-refractivity contribution in [3.63, 3.8) is 0 Å². The number of aromatic amines is 1. The Labute approximate surface area is 237 Å². The summed E-state index contributed by atoms with van der Waals surface area (Å²) < 4.78 is 46.5. The van der Waals surface area contributed by atoms with Crippen molar-refractivity contribution in [3.8, 4) is 0 Å². The van der Waals surface area contributed by atoms with Gasteiger partial charge in [0.1, 0.15) is 6.23 Å². The first-order chi connectivity index (χ1) is 19.8. The molecule has 1 N–H and O–H groups in total. The fraction of sp³-hybridized carbons (Fsp3) is 0.760. The predicted octanol–water partition coefficient (Wildman–Crippen LogP) is 1.35. The van der Waals surface area contributed by atoms with Crippen LogP contribution in [0.5, 0.6) is 0 Å². The number of nitrogens with zero attached hydrogens (tertiary/aromatic N) is 3. The molecule has 230 valence electrons. The lowest BCUT2D eigenvalue weighted by Gasteiger charge is -2.25. The number of nitrogens with one attached hydrogen (secondary N) is 1. The number of likely N-dealkylation sites (tertiary alicyclic amines) is 2. The Morgan fingerprint density at radius 2 is 1.41 bits per heavy atom. The lowest BCUT2D eigenvalue weighted by Crippen LogP contribution is -2.35. The lowest BCUT2D eigenvalue weighted by molar-refractivity contribution is -0.155. The number of phosphoric ester groups is 1. The van der Waals surface area contributed by atoms with Crippen molar-refractivity contribution in [2.24, 2.45) is 0 Å². The number of hydrogen-bond donors (Lipinski definition) is 1. The highest BCUT2D eigenvalue weighted by atomic mass is 31.2. The van der Waals surface area contributed by atoms with Gasteiger partial charge in [-0.2, -0.15) is 0 Å². The van der Waals surface area contributed by atoms with Crippen LogP contribution < -0.4 is 11.2 Å². The molecule has 4 rings (SSSR count). The molecule has 3 aliphatic heterocycles. The molecular formula is C25H39N4O11P. The van der Waals surface area contributed by atoms with Crippen molar-refractivity contribution >= 4 is 19.8 Å². The van der Waals surface area contributed by atoms with Crippen molar-refractivity contribution in [1.29, 1.82) is 0 Å². The van der Waals surface area contributed by atoms with Crippen molar-refractivity contribution in [3.05, 3.63) is 33.1 Å². The zero-order valence-electron chi connectivity index (χ0n) is 23.1. The molecule has 0 bridgehead atoms. The number of H-pyrrole nitrogens is 1. The molecule has 0 aromatic carbocycles. The van der Waals surface area contributed by atoms with Crippen LogP contribution in [0, 0.1) is 0 Å². The molecule has 2 atom stereocenters. The number of esters is 2. The van der Waals surface area contributed by atoms with Gasteiger partial charge in [0.15, 0.2) is 0 Å². The van der Waals surface area contributed by atoms with E-state index < -0.39 is 56.9 Å². The minimum absolute atomic E-state index is 0.0882. The van der Waals surface area contributed by atoms with Gasteiger partial charge >= 0.3 is 25.5 Å². The minimum atomic E-state index is -4.36. The average Bonchev–Trinajstić information content (AvgIpc) is 3.42. The fourth-order valence-corrected chi connectivity index (χ4v) is 5.90. The number of carbonyl (C=O) groups excluding carboxylic acids is 2. The van der Waals surface area contributed by atoms with Gasteiger partial charge in [-0.25, -0.2) is 18.4 Å². The topological polar surface area (TPSA) is 168 Å². The molecule has 16 heteroatoms. The minimum Gasteiger partial charge on any atom is -0.437 e. The maximum absolute atomic E-state index is 13.3. The van der Waals surface area contributed by atoms with Gasteiger partial charge in [-0.05, 0) is 64.7 Å². The van der Waals surface area contributed by atoms with Crippen LogP contribution in [0.25, 0.3) is 0 Å². The van der Waals surface area contributed by atoms with E-state index in [1.54, 1.807) is 0 Å². The Kier molecular flexibility index (Phi) is 12.1. The van der Waals surface area contributed by atoms with E-state index >= 15 is 0 Å². The zero-order valence-corrected chi connectivity index (χ0v) is 24.0. The van der Waals surface area contributed by atoms with E-state index in [9.17, 15) is 23.7 Å². The number of hydrogen-bond acceptors (Lipinski definition) is 13. The van der Waals surface area contributed by atoms with Crippen molar-refractivity contribution in [2.45, 2.75) is 63.7 Å². The van der Waals surface area contributed by atoms with E-state index in [-0.39, 0.29) is 19.7 Å². The molecule has 3 fully saturated rings. The molecule has 0 amide bonds. The highest BCUT2D eigenvalue weighted by Gasteiger charge is 2.34. The van der Waals surface area contributed by atoms with E-state index in [0.29, 0.717) is 12.8 Å². The second-order valence-corrected chi connectivity index (χ2v) is 11.9. The normalized spacial score (nSPS) is 22.4. The fourth-order valence-electron chi connectivity index (χ4n) is 4.96. The molecule has 15 nitrogen and oxygen atoms in total. The van der Waals surface area contributed by atoms with E-state index in [1.807, 2.05) is 9.80 Å². The van der Waals surface area contributed by atoms with Crippen molar-refractivity contribution < 1.29 is 41.9 Å². The molecule has 0 aliphatic carbocycles. The summed E-state index contributed by atoms with van der Waals surface area (Å²) in [5, 5.41) is 0. The summed E-state index contributed by atoms with van der Waals surface area (Å²) in [7, 11) is -4.36. The van der Waals surface area contributed by atoms with Gasteiger partial charge in [-0.15, -0.1) is 0 Å². The first-order valence-corrected chi connectivity index (χ1v) is 15.5. The van der Waals surface area contributed by atoms with Crippen LogP contribution in [-0.2, 0) is 41.9 Å². The Balaban J connectivity index is 1.26. The van der Waals surface area contributed by atoms with Crippen LogP contribution in [0.15, 0.2) is 21.9 Å². The van der Waals surface area contributed by atoms with Gasteiger partial charge in [0, 0.05) is 12.3 Å². The molecule has 0 radical (unpaired) electrons. The van der Waals surface area contributed by atoms with Crippen molar-refractivity contribution in [2.75, 3.05) is 59.5 Å². The van der Waals surface area contributed by atoms with Crippen LogP contribution in [-0.4, -0.2) is 96.9 Å². The second kappa shape index (κ2) is 15.7. The van der Waals surface area contributed by atoms with Crippen LogP contribution in [0.3, 0.4) is 0 Å². The number of carbonyl (C=O) groups is 2. The molecule has 0 unspecified atom stereocenters. The predicted molar refractivity (Wildman–Crippen MR) is 143 cm³/mol. The molecule has 1 aromatic rings. The molecule has 0 saturated carbocycles. The standard InChI is InChI=1S/C25H39N4O11P/c30-21-9-14-29(25(33)26-21)22-8-7-20(40-22)17-37-41(34,38-18-35-23(31)15-27-10-3-1-4-11-27)39-19-36-24(32)16-28-12-5-2-6-13-28/h9,14,20,22H,1-8,10-13,15-19H2,(H,26,30,33)/t20-,22+/m1/s1. The van der Waals surface area contributed by atoms with E-state index in [4.69, 9.17) is 27.8 Å². The third-order valence-electron chi connectivity index (χ3n) is 7.13. The summed E-state index contributed by atoms with van der Waals surface area (Å²) in [6.07, 6.45) is 7.29. The molecule has 0 spiro atoms. The number of phosphoric acid groups is 1. The zero-order chi connectivity index (χ0) is 29.1. The Morgan fingerprint density at radius 3 is 1.95 bits per heavy atom. The molecular weight excluding hydrogens is 563 g/mol.